The molecule has 0 radical (unpaired) electrons. The summed E-state index contributed by atoms with van der Waals surface area (Å²) in [6.07, 6.45) is 3.42. The first-order chi connectivity index (χ1) is 9.31. The maximum absolute atomic E-state index is 5.69. The lowest BCUT2D eigenvalue weighted by atomic mass is 10.1. The van der Waals surface area contributed by atoms with Crippen LogP contribution in [0.4, 0.5) is 0 Å². The molecule has 0 amide bonds. The summed E-state index contributed by atoms with van der Waals surface area (Å²) in [6, 6.07) is 14.0. The minimum atomic E-state index is 0.378. The van der Waals surface area contributed by atoms with Gasteiger partial charge in [-0.15, -0.1) is 0 Å². The third-order valence-electron chi connectivity index (χ3n) is 2.76. The number of aromatic nitrogens is 2. The molecule has 94 valence electrons. The molecule has 0 atom stereocenters. The summed E-state index contributed by atoms with van der Waals surface area (Å²) in [6.45, 7) is 0.378. The van der Waals surface area contributed by atoms with Crippen LogP contribution in [-0.4, -0.2) is 9.97 Å². The standard InChI is InChI=1S/C15H11BrN2O/c16-13-4-2-12-9-14(5-3-11(12)8-13)19-10-15-17-6-1-7-18-15/h1-9H,10H2. The SMILES string of the molecule is Brc1ccc2cc(OCc3ncccn3)ccc2c1. The van der Waals surface area contributed by atoms with Gasteiger partial charge in [-0.2, -0.15) is 0 Å². The van der Waals surface area contributed by atoms with E-state index in [1.165, 1.54) is 5.39 Å². The summed E-state index contributed by atoms with van der Waals surface area (Å²) < 4.78 is 6.77. The van der Waals surface area contributed by atoms with E-state index in [9.17, 15) is 0 Å². The van der Waals surface area contributed by atoms with E-state index in [4.69, 9.17) is 4.74 Å². The Bertz CT molecular complexity index is 701. The smallest absolute Gasteiger partial charge is 0.166 e. The Labute approximate surface area is 119 Å². The van der Waals surface area contributed by atoms with E-state index in [2.05, 4.69) is 38.0 Å². The summed E-state index contributed by atoms with van der Waals surface area (Å²) in [5.41, 5.74) is 0. The van der Waals surface area contributed by atoms with Crippen LogP contribution >= 0.6 is 15.9 Å². The van der Waals surface area contributed by atoms with Crippen LogP contribution in [0.25, 0.3) is 10.8 Å². The number of hydrogen-bond acceptors (Lipinski definition) is 3. The molecule has 0 saturated carbocycles. The van der Waals surface area contributed by atoms with Gasteiger partial charge in [0.05, 0.1) is 0 Å². The van der Waals surface area contributed by atoms with E-state index in [1.54, 1.807) is 18.5 Å². The van der Waals surface area contributed by atoms with E-state index >= 15 is 0 Å². The fourth-order valence-electron chi connectivity index (χ4n) is 1.84. The van der Waals surface area contributed by atoms with E-state index in [1.807, 2.05) is 24.3 Å². The van der Waals surface area contributed by atoms with Crippen LogP contribution in [0.1, 0.15) is 5.82 Å². The maximum atomic E-state index is 5.69. The second-order valence-corrected chi connectivity index (χ2v) is 5.02. The first-order valence-electron chi connectivity index (χ1n) is 5.89. The molecule has 0 aliphatic rings. The maximum Gasteiger partial charge on any atom is 0.166 e. The Morgan fingerprint density at radius 3 is 2.53 bits per heavy atom. The fraction of sp³-hybridized carbons (Fsp3) is 0.0667. The molecule has 0 N–H and O–H groups in total. The van der Waals surface area contributed by atoms with Crippen LogP contribution in [-0.2, 0) is 6.61 Å². The van der Waals surface area contributed by atoms with Crippen molar-refractivity contribution in [3.05, 3.63) is 65.2 Å². The molecule has 3 rings (SSSR count). The number of hydrogen-bond donors (Lipinski definition) is 0. The molecule has 0 unspecified atom stereocenters. The predicted molar refractivity (Wildman–Crippen MR) is 78.0 cm³/mol. The van der Waals surface area contributed by atoms with Gasteiger partial charge in [0.25, 0.3) is 0 Å². The zero-order chi connectivity index (χ0) is 13.1. The number of ether oxygens (including phenoxy) is 1. The van der Waals surface area contributed by atoms with Crippen molar-refractivity contribution in [3.63, 3.8) is 0 Å². The Morgan fingerprint density at radius 1 is 0.947 bits per heavy atom. The van der Waals surface area contributed by atoms with Gasteiger partial charge in [-0.05, 0) is 41.1 Å². The third-order valence-corrected chi connectivity index (χ3v) is 3.25. The lowest BCUT2D eigenvalue weighted by molar-refractivity contribution is 0.296. The molecule has 0 aliphatic heterocycles. The zero-order valence-corrected chi connectivity index (χ0v) is 11.7. The van der Waals surface area contributed by atoms with Gasteiger partial charge in [0.2, 0.25) is 0 Å². The highest BCUT2D eigenvalue weighted by Gasteiger charge is 2.00. The van der Waals surface area contributed by atoms with Crippen molar-refractivity contribution in [2.75, 3.05) is 0 Å². The van der Waals surface area contributed by atoms with Crippen molar-refractivity contribution in [2.24, 2.45) is 0 Å². The van der Waals surface area contributed by atoms with E-state index in [0.717, 1.165) is 15.6 Å². The highest BCUT2D eigenvalue weighted by molar-refractivity contribution is 9.10. The van der Waals surface area contributed by atoms with Crippen LogP contribution < -0.4 is 4.74 Å². The average molecular weight is 315 g/mol. The first kappa shape index (κ1) is 12.1. The van der Waals surface area contributed by atoms with Crippen molar-refractivity contribution in [1.82, 2.24) is 9.97 Å². The summed E-state index contributed by atoms with van der Waals surface area (Å²) >= 11 is 3.46. The Kier molecular flexibility index (Phi) is 3.42. The molecule has 4 heteroatoms. The molecule has 3 aromatic rings. The second-order valence-electron chi connectivity index (χ2n) is 4.11. The van der Waals surface area contributed by atoms with Gasteiger partial charge in [-0.3, -0.25) is 0 Å². The van der Waals surface area contributed by atoms with Gasteiger partial charge in [0.15, 0.2) is 5.82 Å². The highest BCUT2D eigenvalue weighted by Crippen LogP contribution is 2.24. The molecule has 0 aliphatic carbocycles. The fourth-order valence-corrected chi connectivity index (χ4v) is 2.22. The van der Waals surface area contributed by atoms with E-state index in [0.29, 0.717) is 12.4 Å². The van der Waals surface area contributed by atoms with Gasteiger partial charge in [-0.1, -0.05) is 28.1 Å². The van der Waals surface area contributed by atoms with Crippen molar-refractivity contribution in [2.45, 2.75) is 6.61 Å². The van der Waals surface area contributed by atoms with Gasteiger partial charge in [0.1, 0.15) is 12.4 Å². The predicted octanol–water partition coefficient (Wildman–Crippen LogP) is 3.97. The lowest BCUT2D eigenvalue weighted by Gasteiger charge is -2.06. The third kappa shape index (κ3) is 2.90. The molecule has 19 heavy (non-hydrogen) atoms. The largest absolute Gasteiger partial charge is 0.486 e. The minimum absolute atomic E-state index is 0.378. The van der Waals surface area contributed by atoms with Crippen molar-refractivity contribution >= 4 is 26.7 Å². The molecule has 0 bridgehead atoms. The number of nitrogens with zero attached hydrogens (tertiary/aromatic N) is 2. The molecule has 3 nitrogen and oxygen atoms in total. The quantitative estimate of drug-likeness (QED) is 0.733. The second kappa shape index (κ2) is 5.36. The van der Waals surface area contributed by atoms with Crippen molar-refractivity contribution in [3.8, 4) is 5.75 Å². The van der Waals surface area contributed by atoms with Gasteiger partial charge < -0.3 is 4.74 Å². The van der Waals surface area contributed by atoms with Crippen molar-refractivity contribution < 1.29 is 4.74 Å². The van der Waals surface area contributed by atoms with E-state index in [-0.39, 0.29) is 0 Å². The van der Waals surface area contributed by atoms with Crippen LogP contribution in [0, 0.1) is 0 Å². The molecule has 0 saturated heterocycles. The molecule has 2 aromatic carbocycles. The Hall–Kier alpha value is -1.94. The monoisotopic (exact) mass is 314 g/mol. The van der Waals surface area contributed by atoms with Crippen LogP contribution in [0.2, 0.25) is 0 Å². The topological polar surface area (TPSA) is 35.0 Å². The molecule has 0 fully saturated rings. The zero-order valence-electron chi connectivity index (χ0n) is 10.1. The summed E-state index contributed by atoms with van der Waals surface area (Å²) in [7, 11) is 0. The lowest BCUT2D eigenvalue weighted by Crippen LogP contribution is -2.00. The van der Waals surface area contributed by atoms with Crippen LogP contribution in [0.5, 0.6) is 5.75 Å². The molecular formula is C15H11BrN2O. The Balaban J connectivity index is 1.80. The van der Waals surface area contributed by atoms with Gasteiger partial charge >= 0.3 is 0 Å². The average Bonchev–Trinajstić information content (AvgIpc) is 2.46. The van der Waals surface area contributed by atoms with Gasteiger partial charge in [0, 0.05) is 16.9 Å². The molecule has 1 aromatic heterocycles. The minimum Gasteiger partial charge on any atom is -0.486 e. The van der Waals surface area contributed by atoms with E-state index < -0.39 is 0 Å². The number of rotatable bonds is 3. The van der Waals surface area contributed by atoms with Crippen molar-refractivity contribution in [1.29, 1.82) is 0 Å². The number of halogens is 1. The van der Waals surface area contributed by atoms with Crippen LogP contribution in [0.15, 0.2) is 59.3 Å². The van der Waals surface area contributed by atoms with Crippen LogP contribution in [0.3, 0.4) is 0 Å². The first-order valence-corrected chi connectivity index (χ1v) is 6.68. The number of benzene rings is 2. The molecular weight excluding hydrogens is 304 g/mol. The molecule has 0 spiro atoms. The normalized spacial score (nSPS) is 10.6. The summed E-state index contributed by atoms with van der Waals surface area (Å²) in [5, 5.41) is 2.33. The summed E-state index contributed by atoms with van der Waals surface area (Å²) in [4.78, 5) is 8.25. The molecule has 1 heterocycles. The number of fused-ring (bicyclic) bond motifs is 1. The summed E-state index contributed by atoms with van der Waals surface area (Å²) in [5.74, 6) is 1.50. The highest BCUT2D eigenvalue weighted by atomic mass is 79.9. The van der Waals surface area contributed by atoms with Gasteiger partial charge in [-0.25, -0.2) is 9.97 Å². The Morgan fingerprint density at radius 2 is 1.68 bits per heavy atom.